The van der Waals surface area contributed by atoms with Gasteiger partial charge in [0.2, 0.25) is 5.91 Å². The van der Waals surface area contributed by atoms with Gasteiger partial charge < -0.3 is 5.32 Å². The third-order valence-electron chi connectivity index (χ3n) is 4.76. The fraction of sp³-hybridized carbons (Fsp3) is 0.381. The summed E-state index contributed by atoms with van der Waals surface area (Å²) >= 11 is 1.63. The summed E-state index contributed by atoms with van der Waals surface area (Å²) < 4.78 is 24.6. The van der Waals surface area contributed by atoms with Gasteiger partial charge >= 0.3 is 0 Å². The highest BCUT2D eigenvalue weighted by Gasteiger charge is 2.32. The van der Waals surface area contributed by atoms with Crippen LogP contribution in [0.25, 0.3) is 0 Å². The normalized spacial score (nSPS) is 19.3. The number of hydrogen-bond acceptors (Lipinski definition) is 4. The number of amides is 1. The van der Waals surface area contributed by atoms with Gasteiger partial charge in [0.1, 0.15) is 0 Å². The molecule has 1 aliphatic heterocycles. The molecule has 27 heavy (non-hydrogen) atoms. The quantitative estimate of drug-likeness (QED) is 0.792. The maximum Gasteiger partial charge on any atom is 0.233 e. The van der Waals surface area contributed by atoms with Gasteiger partial charge in [-0.2, -0.15) is 0 Å². The first kappa shape index (κ1) is 20.0. The molecule has 4 nitrogen and oxygen atoms in total. The molecule has 6 heteroatoms. The molecule has 144 valence electrons. The third kappa shape index (κ3) is 4.74. The minimum atomic E-state index is -3.25. The van der Waals surface area contributed by atoms with E-state index >= 15 is 0 Å². The summed E-state index contributed by atoms with van der Waals surface area (Å²) in [4.78, 5) is 13.3. The molecule has 0 bridgehead atoms. The Morgan fingerprint density at radius 3 is 2.48 bits per heavy atom. The van der Waals surface area contributed by atoms with Crippen molar-refractivity contribution in [3.63, 3.8) is 0 Å². The van der Waals surface area contributed by atoms with E-state index in [2.05, 4.69) is 17.4 Å². The van der Waals surface area contributed by atoms with Crippen molar-refractivity contribution >= 4 is 27.5 Å². The van der Waals surface area contributed by atoms with Crippen molar-refractivity contribution in [2.45, 2.75) is 42.2 Å². The summed E-state index contributed by atoms with van der Waals surface area (Å²) in [6.07, 6.45) is 0.416. The Labute approximate surface area is 165 Å². The van der Waals surface area contributed by atoms with E-state index in [0.717, 1.165) is 5.75 Å². The summed E-state index contributed by atoms with van der Waals surface area (Å²) in [5, 5.41) is 2.92. The molecule has 0 aliphatic carbocycles. The minimum Gasteiger partial charge on any atom is -0.348 e. The van der Waals surface area contributed by atoms with E-state index in [1.165, 1.54) is 5.56 Å². The number of fused-ring (bicyclic) bond motifs is 1. The topological polar surface area (TPSA) is 63.2 Å². The van der Waals surface area contributed by atoms with Crippen LogP contribution in [0.2, 0.25) is 0 Å². The minimum absolute atomic E-state index is 0.0231. The summed E-state index contributed by atoms with van der Waals surface area (Å²) in [7, 11) is -3.25. The Bertz CT molecular complexity index is 895. The van der Waals surface area contributed by atoms with Gasteiger partial charge in [-0.15, -0.1) is 11.8 Å². The lowest BCUT2D eigenvalue weighted by Gasteiger charge is -2.29. The van der Waals surface area contributed by atoms with Crippen LogP contribution in [-0.4, -0.2) is 25.3 Å². The Morgan fingerprint density at radius 2 is 1.78 bits per heavy atom. The first-order chi connectivity index (χ1) is 12.9. The molecule has 1 amide bonds. The van der Waals surface area contributed by atoms with Crippen molar-refractivity contribution in [1.29, 1.82) is 0 Å². The van der Waals surface area contributed by atoms with Crippen LogP contribution < -0.4 is 5.32 Å². The second-order valence-electron chi connectivity index (χ2n) is 7.17. The first-order valence-corrected chi connectivity index (χ1v) is 11.9. The molecule has 2 unspecified atom stereocenters. The van der Waals surface area contributed by atoms with Crippen molar-refractivity contribution < 1.29 is 13.2 Å². The Morgan fingerprint density at radius 1 is 1.11 bits per heavy atom. The summed E-state index contributed by atoms with van der Waals surface area (Å²) in [5.74, 6) is 0.997. The van der Waals surface area contributed by atoms with Gasteiger partial charge in [0.05, 0.1) is 21.9 Å². The highest BCUT2D eigenvalue weighted by molar-refractivity contribution is 7.99. The van der Waals surface area contributed by atoms with Crippen molar-refractivity contribution in [1.82, 2.24) is 5.32 Å². The Kier molecular flexibility index (Phi) is 6.27. The van der Waals surface area contributed by atoms with Crippen molar-refractivity contribution in [2.75, 3.05) is 5.75 Å². The van der Waals surface area contributed by atoms with Gasteiger partial charge in [-0.05, 0) is 29.5 Å². The van der Waals surface area contributed by atoms with Gasteiger partial charge in [-0.3, -0.25) is 4.79 Å². The molecule has 2 atom stereocenters. The Hall–Kier alpha value is -1.79. The van der Waals surface area contributed by atoms with Crippen LogP contribution in [0.3, 0.4) is 0 Å². The maximum atomic E-state index is 13.0. The van der Waals surface area contributed by atoms with Crippen molar-refractivity contribution in [2.24, 2.45) is 5.92 Å². The Balaban J connectivity index is 1.72. The number of nitrogens with one attached hydrogen (secondary N) is 1. The molecular formula is C21H25NO3S2. The number of thioether (sulfide) groups is 1. The zero-order valence-corrected chi connectivity index (χ0v) is 17.2. The van der Waals surface area contributed by atoms with Gasteiger partial charge in [-0.1, -0.05) is 62.4 Å². The number of rotatable bonds is 6. The smallest absolute Gasteiger partial charge is 0.233 e. The second kappa shape index (κ2) is 8.48. The van der Waals surface area contributed by atoms with Crippen LogP contribution in [-0.2, 0) is 20.4 Å². The standard InChI is InChI=1S/C21H25NO3S2/c1-15(2)20(26-14-16-8-4-3-5-9-16)21(23)22-18-12-13-27(24,25)19-11-7-6-10-17(18)19/h3-11,15,18,20H,12-14H2,1-2H3,(H,22,23). The molecular weight excluding hydrogens is 378 g/mol. The van der Waals surface area contributed by atoms with E-state index in [4.69, 9.17) is 0 Å². The molecule has 0 radical (unpaired) electrons. The molecule has 1 N–H and O–H groups in total. The highest BCUT2D eigenvalue weighted by Crippen LogP contribution is 2.33. The lowest BCUT2D eigenvalue weighted by Crippen LogP contribution is -2.40. The molecule has 0 spiro atoms. The van der Waals surface area contributed by atoms with Gasteiger partial charge in [0.15, 0.2) is 9.84 Å². The predicted octanol–water partition coefficient (Wildman–Crippen LogP) is 3.98. The highest BCUT2D eigenvalue weighted by atomic mass is 32.2. The number of hydrogen-bond donors (Lipinski definition) is 1. The number of benzene rings is 2. The lowest BCUT2D eigenvalue weighted by atomic mass is 10.0. The molecule has 0 fully saturated rings. The average molecular weight is 404 g/mol. The SMILES string of the molecule is CC(C)C(SCc1ccccc1)C(=O)NC1CCS(=O)(=O)c2ccccc21. The van der Waals surface area contributed by atoms with Crippen LogP contribution in [0.4, 0.5) is 0 Å². The number of sulfone groups is 1. The monoisotopic (exact) mass is 403 g/mol. The fourth-order valence-corrected chi connectivity index (χ4v) is 6.12. The first-order valence-electron chi connectivity index (χ1n) is 9.16. The zero-order chi connectivity index (χ0) is 19.4. The molecule has 2 aromatic carbocycles. The summed E-state index contributed by atoms with van der Waals surface area (Å²) in [6, 6.07) is 16.8. The molecule has 0 saturated carbocycles. The summed E-state index contributed by atoms with van der Waals surface area (Å²) in [5.41, 5.74) is 1.89. The number of carbonyl (C=O) groups is 1. The average Bonchev–Trinajstić information content (AvgIpc) is 2.65. The van der Waals surface area contributed by atoms with Crippen LogP contribution in [0, 0.1) is 5.92 Å². The largest absolute Gasteiger partial charge is 0.348 e. The van der Waals surface area contributed by atoms with Crippen LogP contribution in [0.5, 0.6) is 0 Å². The van der Waals surface area contributed by atoms with Gasteiger partial charge in [0, 0.05) is 5.75 Å². The zero-order valence-electron chi connectivity index (χ0n) is 15.6. The van der Waals surface area contributed by atoms with Crippen molar-refractivity contribution in [3.8, 4) is 0 Å². The number of carbonyl (C=O) groups excluding carboxylic acids is 1. The predicted molar refractivity (Wildman–Crippen MR) is 110 cm³/mol. The fourth-order valence-electron chi connectivity index (χ4n) is 3.32. The van der Waals surface area contributed by atoms with Gasteiger partial charge in [-0.25, -0.2) is 8.42 Å². The molecule has 0 saturated heterocycles. The molecule has 1 aliphatic rings. The third-order valence-corrected chi connectivity index (χ3v) is 8.19. The molecule has 3 rings (SSSR count). The molecule has 2 aromatic rings. The van der Waals surface area contributed by atoms with Crippen LogP contribution in [0.15, 0.2) is 59.5 Å². The van der Waals surface area contributed by atoms with E-state index in [9.17, 15) is 13.2 Å². The van der Waals surface area contributed by atoms with Gasteiger partial charge in [0.25, 0.3) is 0 Å². The van der Waals surface area contributed by atoms with Crippen LogP contribution in [0.1, 0.15) is 37.4 Å². The molecule has 1 heterocycles. The second-order valence-corrected chi connectivity index (χ2v) is 10.4. The summed E-state index contributed by atoms with van der Waals surface area (Å²) in [6.45, 7) is 4.09. The van der Waals surface area contributed by atoms with E-state index in [1.807, 2.05) is 38.1 Å². The van der Waals surface area contributed by atoms with E-state index in [-0.39, 0.29) is 28.9 Å². The molecule has 0 aromatic heterocycles. The van der Waals surface area contributed by atoms with E-state index in [1.54, 1.807) is 30.0 Å². The van der Waals surface area contributed by atoms with E-state index < -0.39 is 9.84 Å². The van der Waals surface area contributed by atoms with E-state index in [0.29, 0.717) is 16.9 Å². The van der Waals surface area contributed by atoms with Crippen molar-refractivity contribution in [3.05, 3.63) is 65.7 Å². The lowest BCUT2D eigenvalue weighted by molar-refractivity contribution is -0.122. The maximum absolute atomic E-state index is 13.0. The van der Waals surface area contributed by atoms with Crippen LogP contribution >= 0.6 is 11.8 Å².